The molecule has 45 heavy (non-hydrogen) atoms. The van der Waals surface area contributed by atoms with E-state index in [1.54, 1.807) is 0 Å². The summed E-state index contributed by atoms with van der Waals surface area (Å²) in [6, 6.07) is 55.1. The van der Waals surface area contributed by atoms with Crippen molar-refractivity contribution >= 4 is 32.7 Å². The first kappa shape index (κ1) is 26.0. The maximum Gasteiger partial charge on any atom is 0.143 e. The van der Waals surface area contributed by atoms with E-state index >= 15 is 0 Å². The van der Waals surface area contributed by atoms with Gasteiger partial charge in [-0.2, -0.15) is 0 Å². The summed E-state index contributed by atoms with van der Waals surface area (Å²) in [4.78, 5) is 0. The number of fused-ring (bicyclic) bond motifs is 10. The highest BCUT2D eigenvalue weighted by atomic mass is 16.3. The van der Waals surface area contributed by atoms with Crippen molar-refractivity contribution in [2.45, 2.75) is 25.2 Å². The van der Waals surface area contributed by atoms with Crippen molar-refractivity contribution in [3.05, 3.63) is 179 Å². The highest BCUT2D eigenvalue weighted by Crippen LogP contribution is 2.56. The molecule has 7 aromatic carbocycles. The second kappa shape index (κ2) is 9.81. The van der Waals surface area contributed by atoms with Gasteiger partial charge >= 0.3 is 0 Å². The molecule has 1 aliphatic rings. The van der Waals surface area contributed by atoms with Gasteiger partial charge in [-0.3, -0.25) is 0 Å². The van der Waals surface area contributed by atoms with Gasteiger partial charge in [0, 0.05) is 27.5 Å². The summed E-state index contributed by atoms with van der Waals surface area (Å²) in [6.45, 7) is 4.73. The van der Waals surface area contributed by atoms with Gasteiger partial charge in [-0.05, 0) is 67.6 Å². The Bertz CT molecular complexity index is 2380. The van der Waals surface area contributed by atoms with Crippen LogP contribution in [-0.4, -0.2) is 0 Å². The number of rotatable bonds is 4. The minimum atomic E-state index is -0.142. The number of hydrogen-bond acceptors (Lipinski definition) is 1. The predicted octanol–water partition coefficient (Wildman–Crippen LogP) is 11.9. The first-order valence-corrected chi connectivity index (χ1v) is 15.8. The van der Waals surface area contributed by atoms with E-state index in [1.807, 2.05) is 0 Å². The minimum Gasteiger partial charge on any atom is -0.455 e. The number of para-hydroxylation sites is 1. The predicted molar refractivity (Wildman–Crippen MR) is 188 cm³/mol. The molecule has 0 spiro atoms. The Labute approximate surface area is 263 Å². The first-order valence-electron chi connectivity index (χ1n) is 15.8. The molecule has 0 fully saturated rings. The molecule has 214 valence electrons. The quantitative estimate of drug-likeness (QED) is 0.190. The molecule has 1 aromatic heterocycles. The van der Waals surface area contributed by atoms with Gasteiger partial charge in [0.25, 0.3) is 0 Å². The Balaban J connectivity index is 1.32. The van der Waals surface area contributed by atoms with Gasteiger partial charge < -0.3 is 4.42 Å². The molecule has 9 rings (SSSR count). The fourth-order valence-corrected chi connectivity index (χ4v) is 7.90. The summed E-state index contributed by atoms with van der Waals surface area (Å²) in [7, 11) is 0. The normalized spacial score (nSPS) is 14.1. The van der Waals surface area contributed by atoms with Gasteiger partial charge in [-0.25, -0.2) is 0 Å². The molecule has 0 bridgehead atoms. The fourth-order valence-electron chi connectivity index (χ4n) is 7.90. The van der Waals surface area contributed by atoms with Crippen LogP contribution in [0.2, 0.25) is 0 Å². The Morgan fingerprint density at radius 3 is 1.93 bits per heavy atom. The van der Waals surface area contributed by atoms with Crippen LogP contribution in [0, 0.1) is 0 Å². The van der Waals surface area contributed by atoms with Gasteiger partial charge in [-0.1, -0.05) is 153 Å². The Morgan fingerprint density at radius 2 is 1.13 bits per heavy atom. The Hall–Kier alpha value is -5.40. The van der Waals surface area contributed by atoms with Gasteiger partial charge in [0.2, 0.25) is 0 Å². The van der Waals surface area contributed by atoms with Gasteiger partial charge in [0.15, 0.2) is 0 Å². The molecule has 1 nitrogen and oxygen atoms in total. The average Bonchev–Trinajstić information content (AvgIpc) is 3.59. The smallest absolute Gasteiger partial charge is 0.143 e. The summed E-state index contributed by atoms with van der Waals surface area (Å²) >= 11 is 0. The van der Waals surface area contributed by atoms with Gasteiger partial charge in [0.05, 0.1) is 0 Å². The lowest BCUT2D eigenvalue weighted by atomic mass is 9.79. The molecular weight excluding hydrogens is 544 g/mol. The lowest BCUT2D eigenvalue weighted by molar-refractivity contribution is 0.659. The maximum absolute atomic E-state index is 6.79. The van der Waals surface area contributed by atoms with Crippen molar-refractivity contribution in [2.75, 3.05) is 0 Å². The monoisotopic (exact) mass is 576 g/mol. The summed E-state index contributed by atoms with van der Waals surface area (Å²) < 4.78 is 6.79. The zero-order chi connectivity index (χ0) is 30.1. The lowest BCUT2D eigenvalue weighted by Crippen LogP contribution is -2.15. The van der Waals surface area contributed by atoms with E-state index in [2.05, 4.69) is 166 Å². The van der Waals surface area contributed by atoms with Crippen molar-refractivity contribution in [1.29, 1.82) is 0 Å². The minimum absolute atomic E-state index is 0.0804. The third-order valence-corrected chi connectivity index (χ3v) is 9.97. The zero-order valence-electron chi connectivity index (χ0n) is 25.4. The molecule has 0 saturated heterocycles. The van der Waals surface area contributed by atoms with E-state index in [1.165, 1.54) is 71.6 Å². The molecule has 0 N–H and O–H groups in total. The average molecular weight is 577 g/mol. The SMILES string of the molecule is CC1(C)c2ccccc2-c2c1c1c3ccccc3oc1c1cc(C(c3ccccc3)c3ccc(-c4ccccc4)cc3)ccc21. The van der Waals surface area contributed by atoms with Crippen LogP contribution in [0.25, 0.3) is 55.0 Å². The van der Waals surface area contributed by atoms with E-state index in [4.69, 9.17) is 4.42 Å². The summed E-state index contributed by atoms with van der Waals surface area (Å²) in [5.74, 6) is 0.0804. The molecule has 0 saturated carbocycles. The standard InChI is InChI=1S/C44H32O/c1-44(2)37-19-11-9-17-34(37)40-33-26-25-32(27-36(33)43-41(42(40)44)35-18-10-12-20-38(35)45-43)39(30-15-7-4-8-16-30)31-23-21-29(22-24-31)28-13-5-3-6-14-28/h3-27,39H,1-2H3. The molecule has 1 heteroatoms. The molecular formula is C44H32O. The third-order valence-electron chi connectivity index (χ3n) is 9.97. The molecule has 0 aliphatic heterocycles. The van der Waals surface area contributed by atoms with Crippen molar-refractivity contribution < 1.29 is 4.42 Å². The van der Waals surface area contributed by atoms with Crippen LogP contribution >= 0.6 is 0 Å². The van der Waals surface area contributed by atoms with E-state index in [-0.39, 0.29) is 11.3 Å². The molecule has 0 amide bonds. The number of benzene rings is 7. The molecule has 1 heterocycles. The largest absolute Gasteiger partial charge is 0.455 e. The second-order valence-corrected chi connectivity index (χ2v) is 12.9. The lowest BCUT2D eigenvalue weighted by Gasteiger charge is -2.23. The van der Waals surface area contributed by atoms with Crippen LogP contribution in [0.3, 0.4) is 0 Å². The van der Waals surface area contributed by atoms with Crippen molar-refractivity contribution in [3.8, 4) is 22.3 Å². The van der Waals surface area contributed by atoms with Crippen molar-refractivity contribution in [3.63, 3.8) is 0 Å². The van der Waals surface area contributed by atoms with Crippen LogP contribution < -0.4 is 0 Å². The molecule has 1 aliphatic carbocycles. The molecule has 0 radical (unpaired) electrons. The van der Waals surface area contributed by atoms with E-state index in [9.17, 15) is 0 Å². The van der Waals surface area contributed by atoms with Crippen LogP contribution in [-0.2, 0) is 5.41 Å². The third kappa shape index (κ3) is 3.87. The number of hydrogen-bond donors (Lipinski definition) is 0. The van der Waals surface area contributed by atoms with Crippen molar-refractivity contribution in [1.82, 2.24) is 0 Å². The van der Waals surface area contributed by atoms with Crippen LogP contribution in [0.4, 0.5) is 0 Å². The van der Waals surface area contributed by atoms with E-state index in [0.717, 1.165) is 11.2 Å². The fraction of sp³-hybridized carbons (Fsp3) is 0.0909. The van der Waals surface area contributed by atoms with Gasteiger partial charge in [0.1, 0.15) is 11.2 Å². The topological polar surface area (TPSA) is 13.1 Å². The Kier molecular flexibility index (Phi) is 5.67. The first-order chi connectivity index (χ1) is 22.1. The highest BCUT2D eigenvalue weighted by Gasteiger charge is 2.39. The van der Waals surface area contributed by atoms with Gasteiger partial charge in [-0.15, -0.1) is 0 Å². The van der Waals surface area contributed by atoms with Crippen LogP contribution in [0.15, 0.2) is 156 Å². The van der Waals surface area contributed by atoms with Crippen LogP contribution in [0.1, 0.15) is 47.6 Å². The molecule has 8 aromatic rings. The van der Waals surface area contributed by atoms with E-state index < -0.39 is 0 Å². The summed E-state index contributed by atoms with van der Waals surface area (Å²) in [5, 5.41) is 4.86. The van der Waals surface area contributed by atoms with E-state index in [0.29, 0.717) is 0 Å². The summed E-state index contributed by atoms with van der Waals surface area (Å²) in [6.07, 6.45) is 0. The maximum atomic E-state index is 6.79. The van der Waals surface area contributed by atoms with Crippen molar-refractivity contribution in [2.24, 2.45) is 0 Å². The van der Waals surface area contributed by atoms with Crippen LogP contribution in [0.5, 0.6) is 0 Å². The Morgan fingerprint density at radius 1 is 0.511 bits per heavy atom. The summed E-state index contributed by atoms with van der Waals surface area (Å²) in [5.41, 5.74) is 13.5. The zero-order valence-corrected chi connectivity index (χ0v) is 25.4. The highest BCUT2D eigenvalue weighted by molar-refractivity contribution is 6.23. The molecule has 1 unspecified atom stereocenters. The number of furan rings is 1. The second-order valence-electron chi connectivity index (χ2n) is 12.9. The molecule has 1 atom stereocenters.